The van der Waals surface area contributed by atoms with Crippen LogP contribution in [0, 0.1) is 0 Å². The molecule has 0 unspecified atom stereocenters. The van der Waals surface area contributed by atoms with Gasteiger partial charge in [0.1, 0.15) is 0 Å². The van der Waals surface area contributed by atoms with E-state index in [1.807, 2.05) is 0 Å². The van der Waals surface area contributed by atoms with Gasteiger partial charge in [-0.1, -0.05) is 13.5 Å². The van der Waals surface area contributed by atoms with Crippen LogP contribution >= 0.6 is 0 Å². The van der Waals surface area contributed by atoms with Crippen molar-refractivity contribution in [1.82, 2.24) is 12.3 Å². The van der Waals surface area contributed by atoms with Crippen molar-refractivity contribution in [1.29, 1.82) is 0 Å². The highest BCUT2D eigenvalue weighted by Gasteiger charge is 1.84. The maximum Gasteiger partial charge on any atom is 0.394 e. The van der Waals surface area contributed by atoms with Crippen molar-refractivity contribution in [3.63, 3.8) is 0 Å². The Morgan fingerprint density at radius 1 is 0.846 bits per heavy atom. The van der Waals surface area contributed by atoms with Crippen LogP contribution in [0.3, 0.4) is 0 Å². The summed E-state index contributed by atoms with van der Waals surface area (Å²) in [5.74, 6) is 0. The highest BCUT2D eigenvalue weighted by molar-refractivity contribution is 7.80. The van der Waals surface area contributed by atoms with Gasteiger partial charge in [-0.3, -0.25) is 13.7 Å². The lowest BCUT2D eigenvalue weighted by Gasteiger charge is -1.88. The molecule has 0 aromatic carbocycles. The molecule has 0 heterocycles. The van der Waals surface area contributed by atoms with Crippen molar-refractivity contribution >= 4 is 34.3 Å². The van der Waals surface area contributed by atoms with Gasteiger partial charge >= 0.3 is 10.4 Å². The SMILES string of the molecule is N.N.O=S(=O)(O)O.O=S(=O)([O-])O.[SH3+]. The molecule has 0 amide bonds. The summed E-state index contributed by atoms with van der Waals surface area (Å²) >= 11 is 0. The molecule has 0 rings (SSSR count). The highest BCUT2D eigenvalue weighted by Crippen LogP contribution is 1.59. The maximum atomic E-state index is 8.74. The molecule has 10 nitrogen and oxygen atoms in total. The van der Waals surface area contributed by atoms with E-state index in [1.54, 1.807) is 0 Å². The Kier molecular flexibility index (Phi) is 22.7. The molecular weight excluding hydrogens is 252 g/mol. The normalized spacial score (nSPS) is 8.92. The van der Waals surface area contributed by atoms with Crippen molar-refractivity contribution in [2.75, 3.05) is 0 Å². The second kappa shape index (κ2) is 10.1. The van der Waals surface area contributed by atoms with Gasteiger partial charge in [-0.2, -0.15) is 8.42 Å². The Balaban J connectivity index is -0.0000000267. The van der Waals surface area contributed by atoms with Gasteiger partial charge in [0.15, 0.2) is 0 Å². The van der Waals surface area contributed by atoms with Crippen LogP contribution in [0.25, 0.3) is 0 Å². The van der Waals surface area contributed by atoms with Crippen molar-refractivity contribution in [3.8, 4) is 0 Å². The lowest BCUT2D eigenvalue weighted by molar-refractivity contribution is 0.366. The lowest BCUT2D eigenvalue weighted by Crippen LogP contribution is -1.90. The van der Waals surface area contributed by atoms with Gasteiger partial charge in [0.05, 0.1) is 0 Å². The largest absolute Gasteiger partial charge is 0.726 e. The average molecular weight is 264 g/mol. The summed E-state index contributed by atoms with van der Waals surface area (Å²) in [6, 6.07) is 0. The van der Waals surface area contributed by atoms with Gasteiger partial charge in [-0.05, 0) is 0 Å². The second-order valence-corrected chi connectivity index (χ2v) is 2.63. The Hall–Kier alpha value is 0.01000. The zero-order valence-corrected chi connectivity index (χ0v) is 8.98. The summed E-state index contributed by atoms with van der Waals surface area (Å²) < 4.78 is 64.4. The second-order valence-electron chi connectivity index (χ2n) is 0.876. The fraction of sp³-hybridized carbons (Fsp3) is 0. The van der Waals surface area contributed by atoms with E-state index >= 15 is 0 Å². The predicted octanol–water partition coefficient (Wildman–Crippen LogP) is -2.13. The van der Waals surface area contributed by atoms with Crippen LogP contribution in [0.4, 0.5) is 0 Å². The zero-order chi connectivity index (χ0) is 9.00. The van der Waals surface area contributed by atoms with E-state index in [4.69, 9.17) is 35.0 Å². The molecule has 0 radical (unpaired) electrons. The Labute approximate surface area is 82.1 Å². The first-order chi connectivity index (χ1) is 4.00. The van der Waals surface area contributed by atoms with Gasteiger partial charge in [0, 0.05) is 0 Å². The van der Waals surface area contributed by atoms with Gasteiger partial charge < -0.3 is 16.9 Å². The van der Waals surface area contributed by atoms with Gasteiger partial charge in [0.25, 0.3) is 0 Å². The zero-order valence-electron chi connectivity index (χ0n) is 6.19. The molecule has 0 saturated carbocycles. The molecular formula is H12N2O8S3. The third kappa shape index (κ3) is 12000000. The van der Waals surface area contributed by atoms with E-state index in [0.29, 0.717) is 0 Å². The molecule has 0 saturated heterocycles. The maximum absolute atomic E-state index is 8.74. The first kappa shape index (κ1) is 29.2. The molecule has 0 bridgehead atoms. The van der Waals surface area contributed by atoms with E-state index in [-0.39, 0.29) is 25.8 Å². The molecule has 0 aromatic rings. The minimum absolute atomic E-state index is 0. The highest BCUT2D eigenvalue weighted by atomic mass is 32.3. The van der Waals surface area contributed by atoms with E-state index in [9.17, 15) is 0 Å². The minimum atomic E-state index is -4.92. The van der Waals surface area contributed by atoms with Crippen LogP contribution < -0.4 is 12.3 Å². The third-order valence-electron chi connectivity index (χ3n) is 0. The third-order valence-corrected chi connectivity index (χ3v) is 0. The molecule has 0 aliphatic heterocycles. The van der Waals surface area contributed by atoms with E-state index in [2.05, 4.69) is 0 Å². The molecule has 0 aliphatic carbocycles. The first-order valence-corrected chi connectivity index (χ1v) is 4.14. The number of hydrogen-bond donors (Lipinski definition) is 5. The number of rotatable bonds is 0. The molecule has 9 N–H and O–H groups in total. The summed E-state index contributed by atoms with van der Waals surface area (Å²) in [7, 11) is -9.58. The van der Waals surface area contributed by atoms with Crippen LogP contribution in [0.1, 0.15) is 0 Å². The smallest absolute Gasteiger partial charge is 0.394 e. The van der Waals surface area contributed by atoms with E-state index < -0.39 is 20.8 Å². The molecule has 13 heteroatoms. The van der Waals surface area contributed by atoms with Crippen LogP contribution in [-0.2, 0) is 34.3 Å². The quantitative estimate of drug-likeness (QED) is 0.181. The summed E-state index contributed by atoms with van der Waals surface area (Å²) in [6.07, 6.45) is 0. The molecule has 0 aliphatic rings. The molecule has 0 fully saturated rings. The molecule has 88 valence electrons. The van der Waals surface area contributed by atoms with Gasteiger partial charge in [-0.15, -0.1) is 0 Å². The van der Waals surface area contributed by atoms with Crippen molar-refractivity contribution < 1.29 is 35.0 Å². The standard InChI is InChI=1S/2H3N.2H2O4S.H2S/c;;2*1-5(2,3)4;/h2*1H3;2*(H2,1,2,3,4);1H2. The molecule has 0 spiro atoms. The van der Waals surface area contributed by atoms with Gasteiger partial charge in [0.2, 0.25) is 10.4 Å². The topological polar surface area (TPSA) is 222 Å². The van der Waals surface area contributed by atoms with Crippen LogP contribution in [-0.4, -0.2) is 35.0 Å². The lowest BCUT2D eigenvalue weighted by atomic mass is 14.0. The monoisotopic (exact) mass is 264 g/mol. The Morgan fingerprint density at radius 2 is 0.846 bits per heavy atom. The fourth-order valence-corrected chi connectivity index (χ4v) is 0. The first-order valence-electron chi connectivity index (χ1n) is 1.38. The molecule has 0 aromatic heterocycles. The summed E-state index contributed by atoms with van der Waals surface area (Å²) in [5.41, 5.74) is 0. The van der Waals surface area contributed by atoms with Crippen molar-refractivity contribution in [2.24, 2.45) is 0 Å². The van der Waals surface area contributed by atoms with Crippen molar-refractivity contribution in [2.45, 2.75) is 0 Å². The minimum Gasteiger partial charge on any atom is -0.726 e. The number of hydrogen-bond acceptors (Lipinski definition) is 7. The van der Waals surface area contributed by atoms with E-state index in [1.165, 1.54) is 0 Å². The summed E-state index contributed by atoms with van der Waals surface area (Å²) in [6.45, 7) is 0. The van der Waals surface area contributed by atoms with Crippen LogP contribution in [0.5, 0.6) is 0 Å². The van der Waals surface area contributed by atoms with Crippen LogP contribution in [0.15, 0.2) is 0 Å². The van der Waals surface area contributed by atoms with Gasteiger partial charge in [-0.25, -0.2) is 8.42 Å². The average Bonchev–Trinajstić information content (AvgIpc) is 1.12. The Morgan fingerprint density at radius 3 is 0.846 bits per heavy atom. The summed E-state index contributed by atoms with van der Waals surface area (Å²) in [5, 5.41) is 0. The molecule has 13 heavy (non-hydrogen) atoms. The fourth-order valence-electron chi connectivity index (χ4n) is 0. The van der Waals surface area contributed by atoms with Crippen molar-refractivity contribution in [3.05, 3.63) is 0 Å². The predicted molar refractivity (Wildman–Crippen MR) is 48.1 cm³/mol. The summed E-state index contributed by atoms with van der Waals surface area (Å²) in [4.78, 5) is 0. The molecule has 0 atom stereocenters. The van der Waals surface area contributed by atoms with Crippen LogP contribution in [0.2, 0.25) is 0 Å². The Bertz CT molecular complexity index is 214. The van der Waals surface area contributed by atoms with E-state index in [0.717, 1.165) is 0 Å².